The maximum absolute atomic E-state index is 12.2. The Balaban J connectivity index is 1.64. The quantitative estimate of drug-likeness (QED) is 0.194. The van der Waals surface area contributed by atoms with Gasteiger partial charge in [-0.3, -0.25) is 10.1 Å². The minimum Gasteiger partial charge on any atom is -0.457 e. The molecule has 0 atom stereocenters. The van der Waals surface area contributed by atoms with Gasteiger partial charge in [-0.05, 0) is 42.5 Å². The molecule has 0 amide bonds. The number of carbonyl (C=O) groups is 1. The molecule has 0 spiro atoms. The van der Waals surface area contributed by atoms with E-state index in [4.69, 9.17) is 20.8 Å². The van der Waals surface area contributed by atoms with E-state index >= 15 is 0 Å². The summed E-state index contributed by atoms with van der Waals surface area (Å²) in [6.07, 6.45) is 3.18. The molecule has 4 rings (SSSR count). The Kier molecular flexibility index (Phi) is 5.08. The molecule has 0 N–H and O–H groups in total. The van der Waals surface area contributed by atoms with Gasteiger partial charge in [-0.2, -0.15) is 0 Å². The molecule has 0 fully saturated rings. The van der Waals surface area contributed by atoms with Gasteiger partial charge in [-0.25, -0.2) is 4.79 Å². The highest BCUT2D eigenvalue weighted by molar-refractivity contribution is 9.10. The fraction of sp³-hybridized carbons (Fsp3) is 0. The number of non-ortho nitro benzene ring substituents is 1. The molecule has 29 heavy (non-hydrogen) atoms. The molecular weight excluding hydrogens is 462 g/mol. The molecule has 1 aliphatic rings. The van der Waals surface area contributed by atoms with Gasteiger partial charge in [0.25, 0.3) is 5.69 Å². The number of furan rings is 1. The summed E-state index contributed by atoms with van der Waals surface area (Å²) in [5.41, 5.74) is 1.40. The largest absolute Gasteiger partial charge is 0.457 e. The first-order valence-electron chi connectivity index (χ1n) is 8.36. The van der Waals surface area contributed by atoms with Crippen molar-refractivity contribution in [1.29, 1.82) is 0 Å². The van der Waals surface area contributed by atoms with E-state index in [0.29, 0.717) is 33.4 Å². The Morgan fingerprint density at radius 1 is 1.07 bits per heavy atom. The molecule has 2 heterocycles. The molecule has 0 radical (unpaired) electrons. The summed E-state index contributed by atoms with van der Waals surface area (Å²) in [7, 11) is 0. The minimum atomic E-state index is -0.505. The first kappa shape index (κ1) is 19.2. The van der Waals surface area contributed by atoms with Gasteiger partial charge in [-0.15, -0.1) is 0 Å². The van der Waals surface area contributed by atoms with E-state index < -0.39 is 10.9 Å². The van der Waals surface area contributed by atoms with Crippen LogP contribution < -0.4 is 0 Å². The number of rotatable bonds is 4. The van der Waals surface area contributed by atoms with Crippen LogP contribution in [0.1, 0.15) is 11.3 Å². The molecule has 8 heteroatoms. The van der Waals surface area contributed by atoms with Gasteiger partial charge in [0, 0.05) is 27.7 Å². The predicted octanol–water partition coefficient (Wildman–Crippen LogP) is 6.25. The zero-order valence-electron chi connectivity index (χ0n) is 14.6. The number of nitro groups is 1. The average Bonchev–Trinajstić information content (AvgIpc) is 3.30. The Bertz CT molecular complexity index is 1190. The average molecular weight is 473 g/mol. The topological polar surface area (TPSA) is 82.6 Å². The van der Waals surface area contributed by atoms with E-state index in [-0.39, 0.29) is 5.69 Å². The highest BCUT2D eigenvalue weighted by atomic mass is 79.9. The number of nitrogens with zero attached hydrogens (tertiary/aromatic N) is 1. The molecule has 2 aromatic carbocycles. The number of carbonyl (C=O) groups excluding carboxylic acids is 1. The van der Waals surface area contributed by atoms with Crippen molar-refractivity contribution >= 4 is 51.0 Å². The van der Waals surface area contributed by atoms with E-state index in [9.17, 15) is 14.9 Å². The smallest absolute Gasteiger partial charge is 0.343 e. The summed E-state index contributed by atoms with van der Waals surface area (Å²) < 4.78 is 12.0. The highest BCUT2D eigenvalue weighted by Gasteiger charge is 2.22. The number of halogens is 2. The van der Waals surface area contributed by atoms with Gasteiger partial charge in [-0.1, -0.05) is 39.7 Å². The number of nitro benzene ring substituents is 1. The van der Waals surface area contributed by atoms with E-state index in [1.807, 2.05) is 24.3 Å². The Hall–Kier alpha value is -3.16. The standard InChI is InChI=1S/C21H11BrClNO5/c22-14-3-1-12(2-4-14)20-10-13(21(25)29-20)9-16-6-8-19(28-16)17-11-15(24(26)27)5-7-18(17)23/h1-11H. The van der Waals surface area contributed by atoms with Crippen molar-refractivity contribution in [3.8, 4) is 11.3 Å². The van der Waals surface area contributed by atoms with Crippen molar-refractivity contribution in [1.82, 2.24) is 0 Å². The van der Waals surface area contributed by atoms with Crippen LogP contribution in [0.15, 0.2) is 75.1 Å². The SMILES string of the molecule is O=C1OC(c2ccc(Br)cc2)=CC1=Cc1ccc(-c2cc([N+](=O)[O-])ccc2Cl)o1. The molecule has 0 aliphatic carbocycles. The molecule has 6 nitrogen and oxygen atoms in total. The highest BCUT2D eigenvalue weighted by Crippen LogP contribution is 2.34. The van der Waals surface area contributed by atoms with Gasteiger partial charge < -0.3 is 9.15 Å². The lowest BCUT2D eigenvalue weighted by molar-refractivity contribution is -0.384. The van der Waals surface area contributed by atoms with Crippen molar-refractivity contribution in [2.75, 3.05) is 0 Å². The Morgan fingerprint density at radius 3 is 2.55 bits per heavy atom. The van der Waals surface area contributed by atoms with Gasteiger partial charge >= 0.3 is 5.97 Å². The first-order valence-corrected chi connectivity index (χ1v) is 9.53. The lowest BCUT2D eigenvalue weighted by Crippen LogP contribution is -1.96. The number of hydrogen-bond acceptors (Lipinski definition) is 5. The van der Waals surface area contributed by atoms with Gasteiger partial charge in [0.1, 0.15) is 17.3 Å². The van der Waals surface area contributed by atoms with Crippen LogP contribution in [0.3, 0.4) is 0 Å². The van der Waals surface area contributed by atoms with Crippen molar-refractivity contribution in [2.24, 2.45) is 0 Å². The predicted molar refractivity (Wildman–Crippen MR) is 112 cm³/mol. The zero-order valence-corrected chi connectivity index (χ0v) is 16.9. The number of cyclic esters (lactones) is 1. The first-order chi connectivity index (χ1) is 13.9. The fourth-order valence-electron chi connectivity index (χ4n) is 2.79. The monoisotopic (exact) mass is 471 g/mol. The molecule has 0 unspecified atom stereocenters. The molecule has 0 saturated carbocycles. The summed E-state index contributed by atoms with van der Waals surface area (Å²) in [4.78, 5) is 22.7. The summed E-state index contributed by atoms with van der Waals surface area (Å²) >= 11 is 9.51. The third kappa shape index (κ3) is 4.01. The van der Waals surface area contributed by atoms with Crippen LogP contribution in [0.4, 0.5) is 5.69 Å². The van der Waals surface area contributed by atoms with E-state index in [1.165, 1.54) is 18.2 Å². The second-order valence-corrected chi connectivity index (χ2v) is 7.45. The van der Waals surface area contributed by atoms with Gasteiger partial charge in [0.05, 0.1) is 15.5 Å². The van der Waals surface area contributed by atoms with E-state index in [0.717, 1.165) is 10.0 Å². The minimum absolute atomic E-state index is 0.0952. The molecule has 1 aromatic heterocycles. The van der Waals surface area contributed by atoms with E-state index in [1.54, 1.807) is 24.3 Å². The van der Waals surface area contributed by atoms with Crippen LogP contribution in [-0.2, 0) is 9.53 Å². The van der Waals surface area contributed by atoms with Crippen LogP contribution in [-0.4, -0.2) is 10.9 Å². The molecular formula is C21H11BrClNO5. The van der Waals surface area contributed by atoms with Crippen LogP contribution in [0.5, 0.6) is 0 Å². The van der Waals surface area contributed by atoms with E-state index in [2.05, 4.69) is 15.9 Å². The van der Waals surface area contributed by atoms with Crippen molar-refractivity contribution in [2.45, 2.75) is 0 Å². The summed E-state index contributed by atoms with van der Waals surface area (Å²) in [6, 6.07) is 14.8. The molecule has 0 bridgehead atoms. The third-order valence-corrected chi connectivity index (χ3v) is 5.06. The maximum Gasteiger partial charge on any atom is 0.343 e. The Labute approximate surface area is 178 Å². The maximum atomic E-state index is 12.2. The lowest BCUT2D eigenvalue weighted by atomic mass is 10.1. The molecule has 144 valence electrons. The summed E-state index contributed by atoms with van der Waals surface area (Å²) in [6.45, 7) is 0. The van der Waals surface area contributed by atoms with Crippen LogP contribution >= 0.6 is 27.5 Å². The Morgan fingerprint density at radius 2 is 1.83 bits per heavy atom. The van der Waals surface area contributed by atoms with Crippen LogP contribution in [0, 0.1) is 10.1 Å². The second-order valence-electron chi connectivity index (χ2n) is 6.13. The molecule has 1 aliphatic heterocycles. The van der Waals surface area contributed by atoms with Gasteiger partial charge in [0.2, 0.25) is 0 Å². The number of ether oxygens (including phenoxy) is 1. The van der Waals surface area contributed by atoms with Gasteiger partial charge in [0.15, 0.2) is 0 Å². The van der Waals surface area contributed by atoms with Crippen LogP contribution in [0.25, 0.3) is 23.2 Å². The zero-order chi connectivity index (χ0) is 20.5. The van der Waals surface area contributed by atoms with Crippen LogP contribution in [0.2, 0.25) is 5.02 Å². The second kappa shape index (κ2) is 7.69. The normalized spacial score (nSPS) is 14.8. The van der Waals surface area contributed by atoms with Crippen molar-refractivity contribution < 1.29 is 18.9 Å². The number of hydrogen-bond donors (Lipinski definition) is 0. The summed E-state index contributed by atoms with van der Waals surface area (Å²) in [5.74, 6) is 0.702. The molecule has 3 aromatic rings. The third-order valence-electron chi connectivity index (χ3n) is 4.20. The summed E-state index contributed by atoms with van der Waals surface area (Å²) in [5, 5.41) is 11.3. The van der Waals surface area contributed by atoms with Crippen molar-refractivity contribution in [3.63, 3.8) is 0 Å². The lowest BCUT2D eigenvalue weighted by Gasteiger charge is -2.01. The number of esters is 1. The molecule has 0 saturated heterocycles. The van der Waals surface area contributed by atoms with Crippen molar-refractivity contribution in [3.05, 3.63) is 97.2 Å². The fourth-order valence-corrected chi connectivity index (χ4v) is 3.26. The number of benzene rings is 2.